The highest BCUT2D eigenvalue weighted by Gasteiger charge is 2.46. The number of fused-ring (bicyclic) bond motifs is 2. The number of benzene rings is 3. The van der Waals surface area contributed by atoms with Crippen molar-refractivity contribution in [3.05, 3.63) is 89.5 Å². The first kappa shape index (κ1) is 18.9. The van der Waals surface area contributed by atoms with E-state index in [1.165, 1.54) is 11.1 Å². The van der Waals surface area contributed by atoms with Gasteiger partial charge in [-0.2, -0.15) is 5.26 Å². The number of para-hydroxylation sites is 1. The number of hydrogen-bond donors (Lipinski definition) is 1. The molecule has 150 valence electrons. The second-order valence-electron chi connectivity index (χ2n) is 8.23. The first-order chi connectivity index (χ1) is 14.7. The second-order valence-corrected chi connectivity index (χ2v) is 8.23. The van der Waals surface area contributed by atoms with Crippen LogP contribution in [0, 0.1) is 11.3 Å². The van der Waals surface area contributed by atoms with E-state index in [1.54, 1.807) is 7.11 Å². The second kappa shape index (κ2) is 7.95. The van der Waals surface area contributed by atoms with Gasteiger partial charge in [0.2, 0.25) is 0 Å². The topological polar surface area (TPSA) is 48.3 Å². The van der Waals surface area contributed by atoms with E-state index in [-0.39, 0.29) is 0 Å². The molecule has 2 bridgehead atoms. The molecule has 0 radical (unpaired) electrons. The summed E-state index contributed by atoms with van der Waals surface area (Å²) in [6, 6.07) is 28.2. The fourth-order valence-electron chi connectivity index (χ4n) is 4.94. The minimum atomic E-state index is 0.492. The quantitative estimate of drug-likeness (QED) is 0.704. The predicted molar refractivity (Wildman–Crippen MR) is 118 cm³/mol. The Morgan fingerprint density at radius 2 is 1.73 bits per heavy atom. The lowest BCUT2D eigenvalue weighted by molar-refractivity contribution is 0.0466. The number of rotatable bonds is 5. The molecular formula is C26H25N3O. The molecule has 0 amide bonds. The highest BCUT2D eigenvalue weighted by molar-refractivity contribution is 5.65. The standard InChI is InChI=1S/C26H25N3O/c1-30-25-8-3-2-6-22(25)15-29-16-23-26(24(17-29)28-23)20-11-9-19(10-12-20)21-7-4-5-18(13-21)14-27/h2-13,23-24,26,28H,15-17H2,1H3/t23-,24+,26?. The summed E-state index contributed by atoms with van der Waals surface area (Å²) in [6.07, 6.45) is 0. The van der Waals surface area contributed by atoms with Gasteiger partial charge in [-0.3, -0.25) is 4.90 Å². The number of piperazine rings is 1. The van der Waals surface area contributed by atoms with E-state index in [0.29, 0.717) is 23.6 Å². The zero-order chi connectivity index (χ0) is 20.5. The van der Waals surface area contributed by atoms with Crippen LogP contribution in [-0.2, 0) is 6.54 Å². The van der Waals surface area contributed by atoms with Crippen molar-refractivity contribution in [2.24, 2.45) is 0 Å². The molecule has 3 atom stereocenters. The van der Waals surface area contributed by atoms with Crippen molar-refractivity contribution in [3.63, 3.8) is 0 Å². The third kappa shape index (κ3) is 3.47. The Kier molecular flexibility index (Phi) is 5.00. The molecule has 1 unspecified atom stereocenters. The lowest BCUT2D eigenvalue weighted by atomic mass is 9.74. The smallest absolute Gasteiger partial charge is 0.123 e. The maximum atomic E-state index is 9.13. The third-order valence-corrected chi connectivity index (χ3v) is 6.41. The maximum absolute atomic E-state index is 9.13. The zero-order valence-electron chi connectivity index (χ0n) is 17.1. The number of methoxy groups -OCH3 is 1. The van der Waals surface area contributed by atoms with Gasteiger partial charge in [-0.05, 0) is 34.9 Å². The molecule has 6 rings (SSSR count). The molecule has 0 aromatic heterocycles. The van der Waals surface area contributed by atoms with Gasteiger partial charge >= 0.3 is 0 Å². The molecule has 3 heterocycles. The van der Waals surface area contributed by atoms with E-state index in [9.17, 15) is 0 Å². The van der Waals surface area contributed by atoms with Gasteiger partial charge in [0.05, 0.1) is 18.7 Å². The number of piperidine rings is 1. The average molecular weight is 396 g/mol. The molecule has 0 aliphatic carbocycles. The molecule has 3 aliphatic heterocycles. The predicted octanol–water partition coefficient (Wildman–Crippen LogP) is 4.17. The third-order valence-electron chi connectivity index (χ3n) is 6.41. The van der Waals surface area contributed by atoms with Crippen molar-refractivity contribution < 1.29 is 4.74 Å². The van der Waals surface area contributed by atoms with Crippen LogP contribution in [0.2, 0.25) is 0 Å². The monoisotopic (exact) mass is 395 g/mol. The van der Waals surface area contributed by atoms with Gasteiger partial charge in [-0.15, -0.1) is 0 Å². The van der Waals surface area contributed by atoms with Crippen LogP contribution in [0.5, 0.6) is 5.75 Å². The van der Waals surface area contributed by atoms with Crippen molar-refractivity contribution in [1.82, 2.24) is 10.2 Å². The van der Waals surface area contributed by atoms with Crippen LogP contribution in [-0.4, -0.2) is 37.2 Å². The van der Waals surface area contributed by atoms with Crippen molar-refractivity contribution in [3.8, 4) is 22.9 Å². The van der Waals surface area contributed by atoms with Gasteiger partial charge < -0.3 is 10.1 Å². The van der Waals surface area contributed by atoms with E-state index >= 15 is 0 Å². The summed E-state index contributed by atoms with van der Waals surface area (Å²) in [4.78, 5) is 2.53. The van der Waals surface area contributed by atoms with Gasteiger partial charge in [0.15, 0.2) is 0 Å². The summed E-state index contributed by atoms with van der Waals surface area (Å²) in [5.74, 6) is 1.54. The van der Waals surface area contributed by atoms with Crippen LogP contribution in [0.25, 0.3) is 11.1 Å². The minimum absolute atomic E-state index is 0.492. The first-order valence-electron chi connectivity index (χ1n) is 10.5. The lowest BCUT2D eigenvalue weighted by Crippen LogP contribution is -2.71. The summed E-state index contributed by atoms with van der Waals surface area (Å²) in [7, 11) is 1.74. The molecule has 1 N–H and O–H groups in total. The van der Waals surface area contributed by atoms with Gasteiger partial charge in [-0.25, -0.2) is 0 Å². The fourth-order valence-corrected chi connectivity index (χ4v) is 4.94. The Morgan fingerprint density at radius 3 is 2.47 bits per heavy atom. The largest absolute Gasteiger partial charge is 0.496 e. The van der Waals surface area contributed by atoms with E-state index in [0.717, 1.165) is 36.5 Å². The number of hydrogen-bond acceptors (Lipinski definition) is 4. The molecule has 3 fully saturated rings. The van der Waals surface area contributed by atoms with Crippen LogP contribution < -0.4 is 10.1 Å². The molecule has 0 saturated carbocycles. The number of nitrogens with one attached hydrogen (secondary N) is 1. The summed E-state index contributed by atoms with van der Waals surface area (Å²) < 4.78 is 5.52. The average Bonchev–Trinajstić information content (AvgIpc) is 2.80. The zero-order valence-corrected chi connectivity index (χ0v) is 17.1. The Labute approximate surface area is 177 Å². The number of nitriles is 1. The fraction of sp³-hybridized carbons (Fsp3) is 0.269. The van der Waals surface area contributed by atoms with Gasteiger partial charge in [-0.1, -0.05) is 54.6 Å². The van der Waals surface area contributed by atoms with Crippen molar-refractivity contribution in [2.45, 2.75) is 24.5 Å². The Morgan fingerprint density at radius 1 is 0.967 bits per heavy atom. The summed E-state index contributed by atoms with van der Waals surface area (Å²) in [6.45, 7) is 3.02. The Hall–Kier alpha value is -3.13. The molecule has 4 nitrogen and oxygen atoms in total. The molecule has 3 saturated heterocycles. The van der Waals surface area contributed by atoms with Crippen LogP contribution in [0.1, 0.15) is 22.6 Å². The van der Waals surface area contributed by atoms with E-state index in [4.69, 9.17) is 10.00 Å². The molecule has 0 spiro atoms. The molecular weight excluding hydrogens is 370 g/mol. The number of ether oxygens (including phenoxy) is 1. The van der Waals surface area contributed by atoms with Crippen molar-refractivity contribution in [1.29, 1.82) is 5.26 Å². The SMILES string of the molecule is COc1ccccc1CN1C[C@@H]2N[C@H](C1)C2c1ccc(-c2cccc(C#N)c2)cc1. The first-order valence-corrected chi connectivity index (χ1v) is 10.5. The minimum Gasteiger partial charge on any atom is -0.496 e. The van der Waals surface area contributed by atoms with E-state index < -0.39 is 0 Å². The van der Waals surface area contributed by atoms with Crippen LogP contribution in [0.3, 0.4) is 0 Å². The maximum Gasteiger partial charge on any atom is 0.123 e. The van der Waals surface area contributed by atoms with Crippen LogP contribution in [0.4, 0.5) is 0 Å². The lowest BCUT2D eigenvalue weighted by Gasteiger charge is -2.55. The Bertz CT molecular complexity index is 1070. The van der Waals surface area contributed by atoms with E-state index in [2.05, 4.69) is 58.8 Å². The molecule has 4 heteroatoms. The highest BCUT2D eigenvalue weighted by atomic mass is 16.5. The highest BCUT2D eigenvalue weighted by Crippen LogP contribution is 2.38. The van der Waals surface area contributed by atoms with Gasteiger partial charge in [0, 0.05) is 43.2 Å². The molecule has 3 aliphatic rings. The van der Waals surface area contributed by atoms with Crippen LogP contribution in [0.15, 0.2) is 72.8 Å². The molecule has 3 aromatic rings. The number of nitrogens with zero attached hydrogens (tertiary/aromatic N) is 2. The van der Waals surface area contributed by atoms with E-state index in [1.807, 2.05) is 30.3 Å². The molecule has 30 heavy (non-hydrogen) atoms. The summed E-state index contributed by atoms with van der Waals surface area (Å²) in [5, 5.41) is 12.9. The van der Waals surface area contributed by atoms with Gasteiger partial charge in [0.25, 0.3) is 0 Å². The summed E-state index contributed by atoms with van der Waals surface area (Å²) >= 11 is 0. The van der Waals surface area contributed by atoms with Crippen molar-refractivity contribution >= 4 is 0 Å². The van der Waals surface area contributed by atoms with Gasteiger partial charge in [0.1, 0.15) is 5.75 Å². The van der Waals surface area contributed by atoms with Crippen LogP contribution >= 0.6 is 0 Å². The van der Waals surface area contributed by atoms with Crippen molar-refractivity contribution in [2.75, 3.05) is 20.2 Å². The molecule has 3 aromatic carbocycles. The normalized spacial score (nSPS) is 22.7. The summed E-state index contributed by atoms with van der Waals surface area (Å²) in [5.41, 5.74) is 5.61. The Balaban J connectivity index is 1.27.